The van der Waals surface area contributed by atoms with Gasteiger partial charge in [-0.2, -0.15) is 0 Å². The maximum atomic E-state index is 13.9. The van der Waals surface area contributed by atoms with E-state index in [4.69, 9.17) is 4.74 Å². The van der Waals surface area contributed by atoms with Gasteiger partial charge in [0.15, 0.2) is 0 Å². The van der Waals surface area contributed by atoms with Gasteiger partial charge in [-0.3, -0.25) is 9.59 Å². The molecule has 2 amide bonds. The van der Waals surface area contributed by atoms with Crippen molar-refractivity contribution in [2.24, 2.45) is 11.3 Å². The molecule has 5 nitrogen and oxygen atoms in total. The number of carbonyl (C=O) groups excluding carboxylic acids is 2. The number of hydrogen-bond donors (Lipinski definition) is 0. The third-order valence-electron chi connectivity index (χ3n) is 5.46. The molecule has 136 valence electrons. The van der Waals surface area contributed by atoms with Crippen LogP contribution in [0.15, 0.2) is 18.2 Å². The molecule has 0 N–H and O–H groups in total. The minimum atomic E-state index is -0.851. The van der Waals surface area contributed by atoms with Crippen molar-refractivity contribution < 1.29 is 23.1 Å². The predicted octanol–water partition coefficient (Wildman–Crippen LogP) is 1.92. The minimum absolute atomic E-state index is 0.00679. The van der Waals surface area contributed by atoms with Crippen molar-refractivity contribution >= 4 is 11.8 Å². The van der Waals surface area contributed by atoms with E-state index in [-0.39, 0.29) is 22.8 Å². The molecule has 3 rings (SSSR count). The topological polar surface area (TPSA) is 49.9 Å². The van der Waals surface area contributed by atoms with Gasteiger partial charge in [-0.1, -0.05) is 0 Å². The van der Waals surface area contributed by atoms with Crippen LogP contribution >= 0.6 is 0 Å². The molecule has 25 heavy (non-hydrogen) atoms. The van der Waals surface area contributed by atoms with Gasteiger partial charge in [-0.05, 0) is 18.6 Å². The Labute approximate surface area is 145 Å². The normalized spacial score (nSPS) is 25.8. The van der Waals surface area contributed by atoms with Crippen LogP contribution in [0.2, 0.25) is 0 Å². The molecule has 0 spiro atoms. The number of likely N-dealkylation sites (tertiary alicyclic amines) is 2. The van der Waals surface area contributed by atoms with Crippen LogP contribution in [0.25, 0.3) is 0 Å². The molecule has 2 aliphatic heterocycles. The molecule has 2 fully saturated rings. The third kappa shape index (κ3) is 3.25. The molecular formula is C18H22F2N2O3. The number of methoxy groups -OCH3 is 1. The average molecular weight is 352 g/mol. The van der Waals surface area contributed by atoms with Crippen LogP contribution in [0.4, 0.5) is 8.78 Å². The van der Waals surface area contributed by atoms with E-state index in [1.54, 1.807) is 16.9 Å². The second kappa shape index (κ2) is 6.71. The first kappa shape index (κ1) is 17.8. The van der Waals surface area contributed by atoms with Gasteiger partial charge in [0.2, 0.25) is 5.91 Å². The van der Waals surface area contributed by atoms with Crippen LogP contribution in [-0.2, 0) is 9.53 Å². The number of carbonyl (C=O) groups is 2. The van der Waals surface area contributed by atoms with Crippen LogP contribution < -0.4 is 0 Å². The van der Waals surface area contributed by atoms with Gasteiger partial charge >= 0.3 is 0 Å². The summed E-state index contributed by atoms with van der Waals surface area (Å²) in [5, 5.41) is 0. The lowest BCUT2D eigenvalue weighted by Crippen LogP contribution is -2.51. The van der Waals surface area contributed by atoms with E-state index in [1.165, 1.54) is 13.0 Å². The van der Waals surface area contributed by atoms with Gasteiger partial charge in [0.05, 0.1) is 12.2 Å². The number of halogens is 2. The molecule has 0 bridgehead atoms. The number of rotatable bonds is 3. The second-order valence-electron chi connectivity index (χ2n) is 7.02. The molecule has 0 aliphatic carbocycles. The molecule has 7 heteroatoms. The zero-order valence-corrected chi connectivity index (χ0v) is 14.4. The van der Waals surface area contributed by atoms with Crippen LogP contribution in [-0.4, -0.2) is 61.5 Å². The second-order valence-corrected chi connectivity index (χ2v) is 7.02. The summed E-state index contributed by atoms with van der Waals surface area (Å²) in [5.41, 5.74) is -0.291. The van der Waals surface area contributed by atoms with Crippen molar-refractivity contribution in [3.63, 3.8) is 0 Å². The summed E-state index contributed by atoms with van der Waals surface area (Å²) >= 11 is 0. The summed E-state index contributed by atoms with van der Waals surface area (Å²) in [4.78, 5) is 27.8. The number of piperidine rings is 1. The maximum Gasteiger partial charge on any atom is 0.256 e. The number of ether oxygens (including phenoxy) is 1. The Kier molecular flexibility index (Phi) is 4.77. The van der Waals surface area contributed by atoms with Crippen molar-refractivity contribution in [3.05, 3.63) is 35.4 Å². The molecule has 0 radical (unpaired) electrons. The van der Waals surface area contributed by atoms with E-state index in [0.29, 0.717) is 39.2 Å². The molecule has 2 saturated heterocycles. The first-order valence-electron chi connectivity index (χ1n) is 8.35. The lowest BCUT2D eigenvalue weighted by atomic mass is 9.73. The lowest BCUT2D eigenvalue weighted by Gasteiger charge is -2.43. The Balaban J connectivity index is 1.79. The van der Waals surface area contributed by atoms with Crippen molar-refractivity contribution in [1.29, 1.82) is 0 Å². The highest BCUT2D eigenvalue weighted by Gasteiger charge is 2.50. The summed E-state index contributed by atoms with van der Waals surface area (Å²) in [6.45, 7) is 4.13. The largest absolute Gasteiger partial charge is 0.384 e. The van der Waals surface area contributed by atoms with E-state index >= 15 is 0 Å². The van der Waals surface area contributed by atoms with Crippen LogP contribution in [0.3, 0.4) is 0 Å². The standard InChI is InChI=1S/C18H22F2N2O3/c1-12(23)22-9-13-8-21(6-5-18(13,10-22)11-25-2)17(24)15-4-3-14(19)7-16(15)20/h3-4,7,13H,5-6,8-11H2,1-2H3. The predicted molar refractivity (Wildman–Crippen MR) is 86.9 cm³/mol. The first-order valence-corrected chi connectivity index (χ1v) is 8.35. The number of amides is 2. The van der Waals surface area contributed by atoms with Crippen LogP contribution in [0.1, 0.15) is 23.7 Å². The van der Waals surface area contributed by atoms with Crippen molar-refractivity contribution in [2.45, 2.75) is 13.3 Å². The van der Waals surface area contributed by atoms with Gasteiger partial charge in [0.1, 0.15) is 11.6 Å². The maximum absolute atomic E-state index is 13.9. The first-order chi connectivity index (χ1) is 11.9. The molecule has 2 heterocycles. The van der Waals surface area contributed by atoms with E-state index in [1.807, 2.05) is 0 Å². The van der Waals surface area contributed by atoms with Gasteiger partial charge in [0.25, 0.3) is 5.91 Å². The lowest BCUT2D eigenvalue weighted by molar-refractivity contribution is -0.128. The quantitative estimate of drug-likeness (QED) is 0.835. The summed E-state index contributed by atoms with van der Waals surface area (Å²) in [6.07, 6.45) is 0.684. The van der Waals surface area contributed by atoms with Crippen molar-refractivity contribution in [2.75, 3.05) is 39.9 Å². The fourth-order valence-corrected chi connectivity index (χ4v) is 4.06. The van der Waals surface area contributed by atoms with Gasteiger partial charge in [0, 0.05) is 57.6 Å². The Morgan fingerprint density at radius 3 is 2.64 bits per heavy atom. The summed E-state index contributed by atoms with van der Waals surface area (Å²) in [6, 6.07) is 2.99. The van der Waals surface area contributed by atoms with Gasteiger partial charge < -0.3 is 14.5 Å². The fourth-order valence-electron chi connectivity index (χ4n) is 4.06. The molecule has 1 aromatic rings. The monoisotopic (exact) mass is 352 g/mol. The molecule has 0 saturated carbocycles. The van der Waals surface area contributed by atoms with Crippen LogP contribution in [0, 0.1) is 23.0 Å². The highest BCUT2D eigenvalue weighted by molar-refractivity contribution is 5.94. The Hall–Kier alpha value is -2.02. The Morgan fingerprint density at radius 1 is 1.28 bits per heavy atom. The number of nitrogens with zero attached hydrogens (tertiary/aromatic N) is 2. The zero-order valence-electron chi connectivity index (χ0n) is 14.4. The average Bonchev–Trinajstić information content (AvgIpc) is 2.93. The Morgan fingerprint density at radius 2 is 2.00 bits per heavy atom. The number of hydrogen-bond acceptors (Lipinski definition) is 3. The summed E-state index contributed by atoms with van der Waals surface area (Å²) < 4.78 is 32.4. The molecule has 1 aromatic carbocycles. The molecule has 0 aromatic heterocycles. The van der Waals surface area contributed by atoms with E-state index in [0.717, 1.165) is 12.1 Å². The highest BCUT2D eigenvalue weighted by Crippen LogP contribution is 2.43. The molecular weight excluding hydrogens is 330 g/mol. The fraction of sp³-hybridized carbons (Fsp3) is 0.556. The molecule has 2 atom stereocenters. The molecule has 2 aliphatic rings. The van der Waals surface area contributed by atoms with E-state index in [9.17, 15) is 18.4 Å². The zero-order chi connectivity index (χ0) is 18.2. The Bertz CT molecular complexity index is 697. The minimum Gasteiger partial charge on any atom is -0.384 e. The smallest absolute Gasteiger partial charge is 0.256 e. The number of benzene rings is 1. The van der Waals surface area contributed by atoms with Crippen LogP contribution in [0.5, 0.6) is 0 Å². The SMILES string of the molecule is COCC12CCN(C(=O)c3ccc(F)cc3F)CC1CN(C(C)=O)C2. The third-order valence-corrected chi connectivity index (χ3v) is 5.46. The highest BCUT2D eigenvalue weighted by atomic mass is 19.1. The summed E-state index contributed by atoms with van der Waals surface area (Å²) in [5.74, 6) is -1.91. The number of fused-ring (bicyclic) bond motifs is 1. The van der Waals surface area contributed by atoms with Crippen molar-refractivity contribution in [1.82, 2.24) is 9.80 Å². The van der Waals surface area contributed by atoms with E-state index < -0.39 is 17.5 Å². The van der Waals surface area contributed by atoms with Crippen molar-refractivity contribution in [3.8, 4) is 0 Å². The summed E-state index contributed by atoms with van der Waals surface area (Å²) in [7, 11) is 1.63. The molecule has 2 unspecified atom stereocenters. The van der Waals surface area contributed by atoms with Gasteiger partial charge in [-0.15, -0.1) is 0 Å². The van der Waals surface area contributed by atoms with E-state index in [2.05, 4.69) is 0 Å². The van der Waals surface area contributed by atoms with Gasteiger partial charge in [-0.25, -0.2) is 8.78 Å².